The molecule has 0 radical (unpaired) electrons. The summed E-state index contributed by atoms with van der Waals surface area (Å²) >= 11 is 0. The molecule has 0 atom stereocenters. The SMILES string of the molecule is CCNc1ccnc(COc2cccc(CO)c2)c1. The summed E-state index contributed by atoms with van der Waals surface area (Å²) in [6, 6.07) is 11.3. The zero-order valence-corrected chi connectivity index (χ0v) is 11.0. The van der Waals surface area contributed by atoms with E-state index in [0.29, 0.717) is 6.61 Å². The number of benzene rings is 1. The highest BCUT2D eigenvalue weighted by Gasteiger charge is 2.00. The summed E-state index contributed by atoms with van der Waals surface area (Å²) in [5.74, 6) is 0.738. The van der Waals surface area contributed by atoms with Crippen molar-refractivity contribution in [2.75, 3.05) is 11.9 Å². The van der Waals surface area contributed by atoms with Crippen LogP contribution in [0.3, 0.4) is 0 Å². The van der Waals surface area contributed by atoms with E-state index in [1.807, 2.05) is 36.4 Å². The molecule has 4 heteroatoms. The van der Waals surface area contributed by atoms with Crippen LogP contribution in [0.25, 0.3) is 0 Å². The van der Waals surface area contributed by atoms with E-state index in [9.17, 15) is 0 Å². The van der Waals surface area contributed by atoms with Crippen molar-refractivity contribution >= 4 is 5.69 Å². The summed E-state index contributed by atoms with van der Waals surface area (Å²) in [4.78, 5) is 4.26. The molecule has 0 saturated heterocycles. The summed E-state index contributed by atoms with van der Waals surface area (Å²) < 4.78 is 5.67. The number of nitrogens with zero attached hydrogens (tertiary/aromatic N) is 1. The zero-order valence-electron chi connectivity index (χ0n) is 11.0. The second-order valence-electron chi connectivity index (χ2n) is 4.16. The molecule has 2 aromatic rings. The van der Waals surface area contributed by atoms with E-state index >= 15 is 0 Å². The van der Waals surface area contributed by atoms with E-state index in [-0.39, 0.29) is 6.61 Å². The van der Waals surface area contributed by atoms with Crippen molar-refractivity contribution in [1.29, 1.82) is 0 Å². The molecule has 1 aromatic carbocycles. The highest BCUT2D eigenvalue weighted by atomic mass is 16.5. The number of ether oxygens (including phenoxy) is 1. The quantitative estimate of drug-likeness (QED) is 0.836. The van der Waals surface area contributed by atoms with Crippen LogP contribution in [-0.4, -0.2) is 16.6 Å². The van der Waals surface area contributed by atoms with Gasteiger partial charge < -0.3 is 15.2 Å². The minimum absolute atomic E-state index is 0.0192. The largest absolute Gasteiger partial charge is 0.487 e. The van der Waals surface area contributed by atoms with Crippen LogP contribution in [0.2, 0.25) is 0 Å². The predicted molar refractivity (Wildman–Crippen MR) is 75.1 cm³/mol. The summed E-state index contributed by atoms with van der Waals surface area (Å²) in [5.41, 5.74) is 2.75. The molecule has 0 spiro atoms. The molecule has 2 rings (SSSR count). The summed E-state index contributed by atoms with van der Waals surface area (Å²) in [7, 11) is 0. The van der Waals surface area contributed by atoms with Gasteiger partial charge in [-0.05, 0) is 36.8 Å². The Kier molecular flexibility index (Phi) is 4.75. The van der Waals surface area contributed by atoms with Gasteiger partial charge >= 0.3 is 0 Å². The molecule has 0 amide bonds. The minimum atomic E-state index is 0.0192. The van der Waals surface area contributed by atoms with Gasteiger partial charge in [-0.2, -0.15) is 0 Å². The normalized spacial score (nSPS) is 10.2. The maximum atomic E-state index is 9.07. The fourth-order valence-corrected chi connectivity index (χ4v) is 1.76. The fraction of sp³-hybridized carbons (Fsp3) is 0.267. The van der Waals surface area contributed by atoms with Gasteiger partial charge in [-0.25, -0.2) is 0 Å². The molecule has 19 heavy (non-hydrogen) atoms. The summed E-state index contributed by atoms with van der Waals surface area (Å²) in [5, 5.41) is 12.3. The van der Waals surface area contributed by atoms with Crippen molar-refractivity contribution in [3.8, 4) is 5.75 Å². The molecule has 1 heterocycles. The first kappa shape index (κ1) is 13.4. The Labute approximate surface area is 113 Å². The smallest absolute Gasteiger partial charge is 0.130 e. The topological polar surface area (TPSA) is 54.4 Å². The van der Waals surface area contributed by atoms with Gasteiger partial charge in [-0.15, -0.1) is 0 Å². The number of pyridine rings is 1. The Bertz CT molecular complexity index is 529. The number of hydrogen-bond donors (Lipinski definition) is 2. The number of aliphatic hydroxyl groups excluding tert-OH is 1. The molecule has 0 aliphatic carbocycles. The van der Waals surface area contributed by atoms with Crippen molar-refractivity contribution in [3.63, 3.8) is 0 Å². The zero-order chi connectivity index (χ0) is 13.5. The van der Waals surface area contributed by atoms with Crippen LogP contribution in [0, 0.1) is 0 Å². The van der Waals surface area contributed by atoms with Gasteiger partial charge in [0.1, 0.15) is 12.4 Å². The molecule has 1 aromatic heterocycles. The van der Waals surface area contributed by atoms with Crippen molar-refractivity contribution in [2.24, 2.45) is 0 Å². The van der Waals surface area contributed by atoms with Crippen LogP contribution in [0.1, 0.15) is 18.2 Å². The lowest BCUT2D eigenvalue weighted by Crippen LogP contribution is -2.01. The van der Waals surface area contributed by atoms with Gasteiger partial charge in [0.05, 0.1) is 12.3 Å². The molecular formula is C15H18N2O2. The van der Waals surface area contributed by atoms with E-state index in [2.05, 4.69) is 17.2 Å². The number of aliphatic hydroxyl groups is 1. The Hall–Kier alpha value is -2.07. The molecule has 0 fully saturated rings. The Balaban J connectivity index is 1.99. The average molecular weight is 258 g/mol. The van der Waals surface area contributed by atoms with Crippen molar-refractivity contribution < 1.29 is 9.84 Å². The average Bonchev–Trinajstić information content (AvgIpc) is 2.46. The van der Waals surface area contributed by atoms with Crippen molar-refractivity contribution in [1.82, 2.24) is 4.98 Å². The first-order valence-electron chi connectivity index (χ1n) is 6.33. The van der Waals surface area contributed by atoms with Crippen LogP contribution < -0.4 is 10.1 Å². The molecule has 0 aliphatic rings. The van der Waals surface area contributed by atoms with Gasteiger partial charge in [0.25, 0.3) is 0 Å². The maximum absolute atomic E-state index is 9.07. The van der Waals surface area contributed by atoms with Crippen molar-refractivity contribution in [2.45, 2.75) is 20.1 Å². The lowest BCUT2D eigenvalue weighted by atomic mass is 10.2. The molecule has 0 unspecified atom stereocenters. The van der Waals surface area contributed by atoms with Crippen LogP contribution in [0.15, 0.2) is 42.6 Å². The number of anilines is 1. The van der Waals surface area contributed by atoms with Gasteiger partial charge in [0.2, 0.25) is 0 Å². The second kappa shape index (κ2) is 6.75. The molecule has 0 aliphatic heterocycles. The number of aromatic nitrogens is 1. The van der Waals surface area contributed by atoms with Crippen molar-refractivity contribution in [3.05, 3.63) is 53.9 Å². The van der Waals surface area contributed by atoms with Gasteiger partial charge in [0.15, 0.2) is 0 Å². The van der Waals surface area contributed by atoms with Crippen LogP contribution in [0.4, 0.5) is 5.69 Å². The van der Waals surface area contributed by atoms with Gasteiger partial charge in [-0.3, -0.25) is 4.98 Å². The highest BCUT2D eigenvalue weighted by Crippen LogP contribution is 2.15. The molecular weight excluding hydrogens is 240 g/mol. The number of rotatable bonds is 6. The van der Waals surface area contributed by atoms with E-state index in [4.69, 9.17) is 9.84 Å². The third kappa shape index (κ3) is 3.96. The summed E-state index contributed by atoms with van der Waals surface area (Å²) in [6.07, 6.45) is 1.76. The molecule has 100 valence electrons. The van der Waals surface area contributed by atoms with Gasteiger partial charge in [0, 0.05) is 18.4 Å². The molecule has 2 N–H and O–H groups in total. The van der Waals surface area contributed by atoms with E-state index in [0.717, 1.165) is 29.2 Å². The highest BCUT2D eigenvalue weighted by molar-refractivity contribution is 5.43. The van der Waals surface area contributed by atoms with E-state index in [1.165, 1.54) is 0 Å². The lowest BCUT2D eigenvalue weighted by Gasteiger charge is -2.08. The first-order valence-corrected chi connectivity index (χ1v) is 6.33. The lowest BCUT2D eigenvalue weighted by molar-refractivity contribution is 0.277. The third-order valence-corrected chi connectivity index (χ3v) is 2.67. The number of nitrogens with one attached hydrogen (secondary N) is 1. The predicted octanol–water partition coefficient (Wildman–Crippen LogP) is 2.58. The Morgan fingerprint density at radius 1 is 1.26 bits per heavy atom. The molecule has 0 saturated carbocycles. The monoisotopic (exact) mass is 258 g/mol. The summed E-state index contributed by atoms with van der Waals surface area (Å²) in [6.45, 7) is 3.36. The van der Waals surface area contributed by atoms with E-state index in [1.54, 1.807) is 6.20 Å². The van der Waals surface area contributed by atoms with Crippen LogP contribution in [0.5, 0.6) is 5.75 Å². The fourth-order valence-electron chi connectivity index (χ4n) is 1.76. The maximum Gasteiger partial charge on any atom is 0.130 e. The molecule has 0 bridgehead atoms. The third-order valence-electron chi connectivity index (χ3n) is 2.67. The Morgan fingerprint density at radius 2 is 2.16 bits per heavy atom. The van der Waals surface area contributed by atoms with Crippen LogP contribution in [-0.2, 0) is 13.2 Å². The van der Waals surface area contributed by atoms with Crippen LogP contribution >= 0.6 is 0 Å². The van der Waals surface area contributed by atoms with Gasteiger partial charge in [-0.1, -0.05) is 12.1 Å². The Morgan fingerprint density at radius 3 is 2.95 bits per heavy atom. The first-order chi connectivity index (χ1) is 9.31. The minimum Gasteiger partial charge on any atom is -0.487 e. The number of hydrogen-bond acceptors (Lipinski definition) is 4. The second-order valence-corrected chi connectivity index (χ2v) is 4.16. The van der Waals surface area contributed by atoms with E-state index < -0.39 is 0 Å². The standard InChI is InChI=1S/C15H18N2O2/c1-2-16-13-6-7-17-14(9-13)11-19-15-5-3-4-12(8-15)10-18/h3-9,18H,2,10-11H2,1H3,(H,16,17). The molecule has 4 nitrogen and oxygen atoms in total.